The quantitative estimate of drug-likeness (QED) is 0.326. The highest BCUT2D eigenvalue weighted by Gasteiger charge is 2.31. The van der Waals surface area contributed by atoms with Crippen LogP contribution in [0.2, 0.25) is 0 Å². The molecule has 1 atom stereocenters. The molecule has 11 nitrogen and oxygen atoms in total. The Labute approximate surface area is 217 Å². The minimum Gasteiger partial charge on any atom is -0.497 e. The Kier molecular flexibility index (Phi) is 10.0. The molecule has 0 aliphatic carbocycles. The van der Waals surface area contributed by atoms with E-state index in [4.69, 9.17) is 4.74 Å². The number of nitro groups is 1. The topological polar surface area (TPSA) is 139 Å². The summed E-state index contributed by atoms with van der Waals surface area (Å²) in [6, 6.07) is 9.82. The Morgan fingerprint density at radius 1 is 1.11 bits per heavy atom. The summed E-state index contributed by atoms with van der Waals surface area (Å²) in [5.74, 6) is -0.208. The first kappa shape index (κ1) is 29.6. The van der Waals surface area contributed by atoms with Crippen molar-refractivity contribution in [1.82, 2.24) is 10.2 Å². The lowest BCUT2D eigenvalue weighted by atomic mass is 10.1. The molecule has 1 unspecified atom stereocenters. The minimum atomic E-state index is -4.01. The smallest absolute Gasteiger partial charge is 0.271 e. The Morgan fingerprint density at radius 2 is 1.73 bits per heavy atom. The zero-order valence-corrected chi connectivity index (χ0v) is 22.7. The Morgan fingerprint density at radius 3 is 2.24 bits per heavy atom. The van der Waals surface area contributed by atoms with Crippen LogP contribution in [0.1, 0.15) is 31.9 Å². The van der Waals surface area contributed by atoms with Crippen LogP contribution in [0.4, 0.5) is 11.4 Å². The van der Waals surface area contributed by atoms with Crippen molar-refractivity contribution < 1.29 is 27.7 Å². The number of methoxy groups -OCH3 is 1. The molecule has 0 radical (unpaired) electrons. The van der Waals surface area contributed by atoms with Crippen molar-refractivity contribution in [2.75, 3.05) is 30.8 Å². The molecule has 2 amide bonds. The van der Waals surface area contributed by atoms with Gasteiger partial charge in [-0.2, -0.15) is 0 Å². The van der Waals surface area contributed by atoms with Crippen molar-refractivity contribution in [3.8, 4) is 5.75 Å². The van der Waals surface area contributed by atoms with Gasteiger partial charge in [0.15, 0.2) is 0 Å². The van der Waals surface area contributed by atoms with Gasteiger partial charge in [0.2, 0.25) is 21.8 Å². The lowest BCUT2D eigenvalue weighted by molar-refractivity contribution is -0.384. The average Bonchev–Trinajstić information content (AvgIpc) is 2.83. The number of benzene rings is 2. The number of carbonyl (C=O) groups excluding carboxylic acids is 2. The fourth-order valence-electron chi connectivity index (χ4n) is 3.54. The number of ether oxygens (including phenoxy) is 1. The maximum Gasteiger partial charge on any atom is 0.271 e. The van der Waals surface area contributed by atoms with E-state index >= 15 is 0 Å². The first-order valence-corrected chi connectivity index (χ1v) is 13.5. The maximum absolute atomic E-state index is 13.6. The molecule has 0 bridgehead atoms. The first-order chi connectivity index (χ1) is 17.2. The molecule has 1 N–H and O–H groups in total. The van der Waals surface area contributed by atoms with Gasteiger partial charge in [0, 0.05) is 25.2 Å². The van der Waals surface area contributed by atoms with Gasteiger partial charge in [0.1, 0.15) is 18.3 Å². The molecule has 0 aliphatic heterocycles. The third-order valence-corrected chi connectivity index (χ3v) is 6.84. The van der Waals surface area contributed by atoms with Crippen LogP contribution < -0.4 is 14.4 Å². The van der Waals surface area contributed by atoms with E-state index in [2.05, 4.69) is 5.32 Å². The third kappa shape index (κ3) is 8.17. The van der Waals surface area contributed by atoms with Crippen molar-refractivity contribution in [3.63, 3.8) is 0 Å². The summed E-state index contributed by atoms with van der Waals surface area (Å²) in [6.45, 7) is 6.85. The molecule has 0 heterocycles. The van der Waals surface area contributed by atoms with Gasteiger partial charge in [0.05, 0.1) is 24.0 Å². The van der Waals surface area contributed by atoms with E-state index in [1.807, 2.05) is 13.8 Å². The second-order valence-corrected chi connectivity index (χ2v) is 11.1. The summed E-state index contributed by atoms with van der Waals surface area (Å²) < 4.78 is 31.5. The normalized spacial score (nSPS) is 12.1. The number of carbonyl (C=O) groups is 2. The number of amides is 2. The zero-order valence-electron chi connectivity index (χ0n) is 21.9. The number of nitro benzene ring substituents is 1. The number of aryl methyl sites for hydroxylation is 1. The number of hydrogen-bond donors (Lipinski definition) is 1. The van der Waals surface area contributed by atoms with Crippen molar-refractivity contribution in [2.24, 2.45) is 5.92 Å². The van der Waals surface area contributed by atoms with Gasteiger partial charge in [-0.25, -0.2) is 8.42 Å². The molecular weight excluding hydrogens is 500 g/mol. The molecule has 12 heteroatoms. The molecule has 37 heavy (non-hydrogen) atoms. The van der Waals surface area contributed by atoms with Crippen LogP contribution in [0, 0.1) is 23.0 Å². The zero-order chi connectivity index (χ0) is 27.9. The molecule has 0 aliphatic rings. The first-order valence-electron chi connectivity index (χ1n) is 11.7. The SMILES string of the molecule is COc1ccc(CN(C(=O)CN(c2cc([N+](=O)[O-])ccc2C)S(C)(=O)=O)C(C)C(=O)NCC(C)C)cc1. The Hall–Kier alpha value is -3.67. The summed E-state index contributed by atoms with van der Waals surface area (Å²) >= 11 is 0. The molecule has 0 spiro atoms. The highest BCUT2D eigenvalue weighted by molar-refractivity contribution is 7.92. The number of rotatable bonds is 12. The fraction of sp³-hybridized carbons (Fsp3) is 0.440. The molecule has 2 aromatic carbocycles. The van der Waals surface area contributed by atoms with E-state index in [0.717, 1.165) is 16.6 Å². The van der Waals surface area contributed by atoms with Crippen LogP contribution >= 0.6 is 0 Å². The monoisotopic (exact) mass is 534 g/mol. The van der Waals surface area contributed by atoms with E-state index in [-0.39, 0.29) is 29.7 Å². The third-order valence-electron chi connectivity index (χ3n) is 5.72. The highest BCUT2D eigenvalue weighted by Crippen LogP contribution is 2.28. The number of hydrogen-bond acceptors (Lipinski definition) is 7. The summed E-state index contributed by atoms with van der Waals surface area (Å²) in [5.41, 5.74) is 0.855. The van der Waals surface area contributed by atoms with Gasteiger partial charge in [-0.15, -0.1) is 0 Å². The molecule has 2 rings (SSSR count). The number of sulfonamides is 1. The predicted molar refractivity (Wildman–Crippen MR) is 141 cm³/mol. The summed E-state index contributed by atoms with van der Waals surface area (Å²) in [6.07, 6.45) is 0.922. The van der Waals surface area contributed by atoms with Crippen LogP contribution in [0.5, 0.6) is 5.75 Å². The molecule has 0 saturated heterocycles. The Balaban J connectivity index is 2.45. The summed E-state index contributed by atoms with van der Waals surface area (Å²) in [7, 11) is -2.49. The van der Waals surface area contributed by atoms with Gasteiger partial charge < -0.3 is 15.0 Å². The second kappa shape index (κ2) is 12.5. The minimum absolute atomic E-state index is 0.0198. The predicted octanol–water partition coefficient (Wildman–Crippen LogP) is 2.87. The van der Waals surface area contributed by atoms with Crippen LogP contribution in [-0.4, -0.2) is 62.6 Å². The molecule has 0 aromatic heterocycles. The van der Waals surface area contributed by atoms with Gasteiger partial charge in [-0.3, -0.25) is 24.0 Å². The number of non-ortho nitro benzene ring substituents is 1. The summed E-state index contributed by atoms with van der Waals surface area (Å²) in [4.78, 5) is 38.4. The van der Waals surface area contributed by atoms with Gasteiger partial charge >= 0.3 is 0 Å². The van der Waals surface area contributed by atoms with Crippen LogP contribution in [-0.2, 0) is 26.2 Å². The van der Waals surface area contributed by atoms with E-state index in [1.165, 1.54) is 24.1 Å². The maximum atomic E-state index is 13.6. The number of nitrogens with zero attached hydrogens (tertiary/aromatic N) is 3. The Bertz CT molecular complexity index is 1230. The van der Waals surface area contributed by atoms with Crippen molar-refractivity contribution in [1.29, 1.82) is 0 Å². The lowest BCUT2D eigenvalue weighted by Crippen LogP contribution is -2.51. The molecule has 202 valence electrons. The molecule has 0 saturated carbocycles. The highest BCUT2D eigenvalue weighted by atomic mass is 32.2. The summed E-state index contributed by atoms with van der Waals surface area (Å²) in [5, 5.41) is 14.1. The second-order valence-electron chi connectivity index (χ2n) is 9.18. The van der Waals surface area contributed by atoms with E-state index in [9.17, 15) is 28.1 Å². The van der Waals surface area contributed by atoms with Crippen LogP contribution in [0.3, 0.4) is 0 Å². The molecule has 0 fully saturated rings. The van der Waals surface area contributed by atoms with Crippen LogP contribution in [0.15, 0.2) is 42.5 Å². The van der Waals surface area contributed by atoms with Crippen molar-refractivity contribution in [2.45, 2.75) is 40.3 Å². The average molecular weight is 535 g/mol. The van der Waals surface area contributed by atoms with Gasteiger partial charge in [-0.1, -0.05) is 32.0 Å². The van der Waals surface area contributed by atoms with Gasteiger partial charge in [0.25, 0.3) is 5.69 Å². The van der Waals surface area contributed by atoms with E-state index < -0.39 is 33.4 Å². The van der Waals surface area contributed by atoms with E-state index in [0.29, 0.717) is 23.4 Å². The molecule has 2 aromatic rings. The standard InChI is InChI=1S/C25H34N4O7S/c1-17(2)14-26-25(31)19(4)27(15-20-8-11-22(36-5)12-9-20)24(30)16-28(37(6,34)35)23-13-21(29(32)33)10-7-18(23)3/h7-13,17,19H,14-16H2,1-6H3,(H,26,31). The van der Waals surface area contributed by atoms with Gasteiger partial charge in [-0.05, 0) is 43.0 Å². The van der Waals surface area contributed by atoms with Crippen LogP contribution in [0.25, 0.3) is 0 Å². The largest absolute Gasteiger partial charge is 0.497 e. The lowest BCUT2D eigenvalue weighted by Gasteiger charge is -2.32. The molecular formula is C25H34N4O7S. The number of nitrogens with one attached hydrogen (secondary N) is 1. The fourth-order valence-corrected chi connectivity index (χ4v) is 4.44. The number of anilines is 1. The van der Waals surface area contributed by atoms with E-state index in [1.54, 1.807) is 38.1 Å². The van der Waals surface area contributed by atoms with Crippen molar-refractivity contribution >= 4 is 33.2 Å². The van der Waals surface area contributed by atoms with Crippen molar-refractivity contribution in [3.05, 3.63) is 63.7 Å².